The van der Waals surface area contributed by atoms with Crippen molar-refractivity contribution in [2.75, 3.05) is 7.11 Å². The average Bonchev–Trinajstić information content (AvgIpc) is 2.55. The lowest BCUT2D eigenvalue weighted by atomic mass is 10.0. The molecule has 0 aliphatic rings. The number of hydrogen-bond donors (Lipinski definition) is 2. The molecule has 0 fully saturated rings. The van der Waals surface area contributed by atoms with Crippen LogP contribution in [0, 0.1) is 0 Å². The summed E-state index contributed by atoms with van der Waals surface area (Å²) < 4.78 is 4.59. The minimum absolute atomic E-state index is 0.145. The molecule has 2 unspecified atom stereocenters. The third-order valence-electron chi connectivity index (χ3n) is 4.37. The van der Waals surface area contributed by atoms with Crippen molar-refractivity contribution in [2.45, 2.75) is 109 Å². The monoisotopic (exact) mass is 330 g/mol. The van der Waals surface area contributed by atoms with Crippen molar-refractivity contribution in [3.8, 4) is 0 Å². The van der Waals surface area contributed by atoms with E-state index in [1.165, 1.54) is 32.8 Å². The molecule has 0 aromatic rings. The van der Waals surface area contributed by atoms with Crippen molar-refractivity contribution >= 4 is 5.97 Å². The van der Waals surface area contributed by atoms with Crippen LogP contribution in [0.15, 0.2) is 0 Å². The molecule has 0 aliphatic heterocycles. The van der Waals surface area contributed by atoms with E-state index < -0.39 is 0 Å². The number of rotatable bonds is 16. The van der Waals surface area contributed by atoms with Gasteiger partial charge in [-0.25, -0.2) is 0 Å². The number of carbonyl (C=O) groups excluding carboxylic acids is 1. The van der Waals surface area contributed by atoms with E-state index in [9.17, 15) is 15.0 Å². The number of unbranched alkanes of at least 4 members (excludes halogenated alkanes) is 7. The maximum Gasteiger partial charge on any atom is 0.305 e. The van der Waals surface area contributed by atoms with Gasteiger partial charge >= 0.3 is 5.97 Å². The highest BCUT2D eigenvalue weighted by Crippen LogP contribution is 2.15. The normalized spacial score (nSPS) is 13.7. The fraction of sp³-hybridized carbons (Fsp3) is 0.947. The lowest BCUT2D eigenvalue weighted by Crippen LogP contribution is -2.13. The van der Waals surface area contributed by atoms with Crippen molar-refractivity contribution < 1.29 is 19.7 Å². The Labute approximate surface area is 142 Å². The zero-order valence-electron chi connectivity index (χ0n) is 15.3. The molecule has 2 N–H and O–H groups in total. The van der Waals surface area contributed by atoms with E-state index in [-0.39, 0.29) is 18.2 Å². The predicted octanol–water partition coefficient (Wildman–Crippen LogP) is 4.36. The van der Waals surface area contributed by atoms with E-state index in [4.69, 9.17) is 0 Å². The molecule has 138 valence electrons. The highest BCUT2D eigenvalue weighted by Gasteiger charge is 2.09. The molecule has 0 heterocycles. The Bertz CT molecular complexity index is 268. The second-order valence-electron chi connectivity index (χ2n) is 6.62. The van der Waals surface area contributed by atoms with Crippen LogP contribution in [0.1, 0.15) is 96.8 Å². The van der Waals surface area contributed by atoms with Gasteiger partial charge in [-0.2, -0.15) is 0 Å². The molecule has 0 bridgehead atoms. The minimum atomic E-state index is -0.301. The summed E-state index contributed by atoms with van der Waals surface area (Å²) in [6.45, 7) is 2.20. The molecule has 4 nitrogen and oxygen atoms in total. The summed E-state index contributed by atoms with van der Waals surface area (Å²) in [5, 5.41) is 19.9. The van der Waals surface area contributed by atoms with Crippen LogP contribution < -0.4 is 0 Å². The van der Waals surface area contributed by atoms with Gasteiger partial charge in [0.05, 0.1) is 19.3 Å². The van der Waals surface area contributed by atoms with Gasteiger partial charge in [0.1, 0.15) is 0 Å². The van der Waals surface area contributed by atoms with Crippen LogP contribution in [-0.4, -0.2) is 35.5 Å². The Hall–Kier alpha value is -0.610. The molecule has 0 amide bonds. The molecular weight excluding hydrogens is 292 g/mol. The second-order valence-corrected chi connectivity index (χ2v) is 6.62. The first-order valence-electron chi connectivity index (χ1n) is 9.53. The smallest absolute Gasteiger partial charge is 0.305 e. The zero-order valence-corrected chi connectivity index (χ0v) is 15.3. The van der Waals surface area contributed by atoms with Crippen LogP contribution >= 0.6 is 0 Å². The number of ether oxygens (including phenoxy) is 1. The average molecular weight is 331 g/mol. The van der Waals surface area contributed by atoms with Crippen LogP contribution in [0.2, 0.25) is 0 Å². The number of hydrogen-bond acceptors (Lipinski definition) is 4. The van der Waals surface area contributed by atoms with E-state index in [1.807, 2.05) is 0 Å². The van der Waals surface area contributed by atoms with Crippen LogP contribution in [0.4, 0.5) is 0 Å². The minimum Gasteiger partial charge on any atom is -0.469 e. The van der Waals surface area contributed by atoms with Crippen molar-refractivity contribution in [3.63, 3.8) is 0 Å². The topological polar surface area (TPSA) is 66.8 Å². The molecule has 0 saturated heterocycles. The SMILES string of the molecule is CCCCCCCC(O)CCC(O)CCCCCCC(=O)OC. The Kier molecular flexibility index (Phi) is 15.8. The molecule has 0 radical (unpaired) electrons. The van der Waals surface area contributed by atoms with Gasteiger partial charge in [-0.1, -0.05) is 58.3 Å². The van der Waals surface area contributed by atoms with E-state index in [0.717, 1.165) is 44.9 Å². The van der Waals surface area contributed by atoms with E-state index in [0.29, 0.717) is 19.3 Å². The molecule has 4 heteroatoms. The molecule has 0 aromatic carbocycles. The summed E-state index contributed by atoms with van der Waals surface area (Å²) >= 11 is 0. The van der Waals surface area contributed by atoms with Gasteiger partial charge in [0.2, 0.25) is 0 Å². The molecule has 0 rings (SSSR count). The van der Waals surface area contributed by atoms with E-state index >= 15 is 0 Å². The molecular formula is C19H38O4. The highest BCUT2D eigenvalue weighted by atomic mass is 16.5. The predicted molar refractivity (Wildman–Crippen MR) is 94.3 cm³/mol. The molecule has 0 spiro atoms. The summed E-state index contributed by atoms with van der Waals surface area (Å²) in [6.07, 6.45) is 13.0. The second kappa shape index (κ2) is 16.3. The Morgan fingerprint density at radius 3 is 1.74 bits per heavy atom. The van der Waals surface area contributed by atoms with Crippen molar-refractivity contribution in [2.24, 2.45) is 0 Å². The highest BCUT2D eigenvalue weighted by molar-refractivity contribution is 5.68. The summed E-state index contributed by atoms with van der Waals surface area (Å²) in [5.74, 6) is -0.145. The van der Waals surface area contributed by atoms with Gasteiger partial charge in [-0.05, 0) is 32.1 Å². The standard InChI is InChI=1S/C19H38O4/c1-3-4-5-6-9-12-17(20)15-16-18(21)13-10-7-8-11-14-19(22)23-2/h17-18,20-21H,3-16H2,1-2H3. The third-order valence-corrected chi connectivity index (χ3v) is 4.37. The molecule has 0 aromatic heterocycles. The van der Waals surface area contributed by atoms with Gasteiger partial charge in [0.15, 0.2) is 0 Å². The lowest BCUT2D eigenvalue weighted by Gasteiger charge is -2.14. The summed E-state index contributed by atoms with van der Waals surface area (Å²) in [6, 6.07) is 0. The van der Waals surface area contributed by atoms with Crippen LogP contribution in [0.25, 0.3) is 0 Å². The van der Waals surface area contributed by atoms with Crippen molar-refractivity contribution in [1.29, 1.82) is 0 Å². The number of carbonyl (C=O) groups is 1. The summed E-state index contributed by atoms with van der Waals surface area (Å²) in [7, 11) is 1.41. The first-order chi connectivity index (χ1) is 11.1. The van der Waals surface area contributed by atoms with Crippen LogP contribution in [0.5, 0.6) is 0 Å². The van der Waals surface area contributed by atoms with Gasteiger partial charge in [-0.15, -0.1) is 0 Å². The largest absolute Gasteiger partial charge is 0.469 e. The fourth-order valence-electron chi connectivity index (χ4n) is 2.76. The lowest BCUT2D eigenvalue weighted by molar-refractivity contribution is -0.140. The number of methoxy groups -OCH3 is 1. The molecule has 23 heavy (non-hydrogen) atoms. The van der Waals surface area contributed by atoms with Crippen LogP contribution in [-0.2, 0) is 9.53 Å². The van der Waals surface area contributed by atoms with Gasteiger partial charge < -0.3 is 14.9 Å². The van der Waals surface area contributed by atoms with Crippen molar-refractivity contribution in [1.82, 2.24) is 0 Å². The first kappa shape index (κ1) is 22.4. The van der Waals surface area contributed by atoms with Gasteiger partial charge in [0, 0.05) is 6.42 Å². The van der Waals surface area contributed by atoms with Crippen molar-refractivity contribution in [3.05, 3.63) is 0 Å². The van der Waals surface area contributed by atoms with E-state index in [1.54, 1.807) is 0 Å². The third kappa shape index (κ3) is 16.0. The molecule has 0 saturated carbocycles. The van der Waals surface area contributed by atoms with Gasteiger partial charge in [0.25, 0.3) is 0 Å². The number of aliphatic hydroxyl groups is 2. The maximum atomic E-state index is 10.9. The maximum absolute atomic E-state index is 10.9. The number of aliphatic hydroxyl groups excluding tert-OH is 2. The van der Waals surface area contributed by atoms with Gasteiger partial charge in [-0.3, -0.25) is 4.79 Å². The summed E-state index contributed by atoms with van der Waals surface area (Å²) in [5.41, 5.74) is 0. The zero-order chi connectivity index (χ0) is 17.3. The quantitative estimate of drug-likeness (QED) is 0.326. The fourth-order valence-corrected chi connectivity index (χ4v) is 2.76. The number of esters is 1. The molecule has 2 atom stereocenters. The first-order valence-corrected chi connectivity index (χ1v) is 9.53. The Morgan fingerprint density at radius 2 is 1.26 bits per heavy atom. The Morgan fingerprint density at radius 1 is 0.783 bits per heavy atom. The summed E-state index contributed by atoms with van der Waals surface area (Å²) in [4.78, 5) is 10.9. The van der Waals surface area contributed by atoms with Crippen LogP contribution in [0.3, 0.4) is 0 Å². The van der Waals surface area contributed by atoms with E-state index in [2.05, 4.69) is 11.7 Å². The molecule has 0 aliphatic carbocycles. The Balaban J connectivity index is 3.38.